The van der Waals surface area contributed by atoms with Crippen molar-refractivity contribution in [3.05, 3.63) is 78.1 Å². The number of pyridine rings is 1. The molecule has 9 nitrogen and oxygen atoms in total. The summed E-state index contributed by atoms with van der Waals surface area (Å²) in [5.41, 5.74) is 1.64. The molecule has 0 unspecified atom stereocenters. The first-order valence-electron chi connectivity index (χ1n) is 12.5. The average Bonchev–Trinajstić information content (AvgIpc) is 3.35. The highest BCUT2D eigenvalue weighted by Crippen LogP contribution is 2.32. The van der Waals surface area contributed by atoms with Crippen LogP contribution in [-0.4, -0.2) is 56.4 Å². The lowest BCUT2D eigenvalue weighted by atomic mass is 10.2. The van der Waals surface area contributed by atoms with Gasteiger partial charge in [-0.1, -0.05) is 37.7 Å². The Bertz CT molecular complexity index is 1670. The Morgan fingerprint density at radius 3 is 2.31 bits per heavy atom. The zero-order valence-electron chi connectivity index (χ0n) is 21.9. The minimum absolute atomic E-state index is 0.129. The molecule has 2 heterocycles. The lowest BCUT2D eigenvalue weighted by molar-refractivity contribution is 0.0985. The number of hydrogen-bond donors (Lipinski definition) is 0. The smallest absolute Gasteiger partial charge is 0.260 e. The minimum Gasteiger partial charge on any atom is -0.279 e. The van der Waals surface area contributed by atoms with Gasteiger partial charge in [0, 0.05) is 37.3 Å². The summed E-state index contributed by atoms with van der Waals surface area (Å²) < 4.78 is 52.4. The Labute approximate surface area is 233 Å². The highest BCUT2D eigenvalue weighted by molar-refractivity contribution is 7.90. The molecule has 0 bridgehead atoms. The fourth-order valence-electron chi connectivity index (χ4n) is 4.00. The lowest BCUT2D eigenvalue weighted by Crippen LogP contribution is -2.32. The van der Waals surface area contributed by atoms with Crippen molar-refractivity contribution in [1.29, 1.82) is 0 Å². The number of amides is 1. The van der Waals surface area contributed by atoms with E-state index in [9.17, 15) is 21.6 Å². The van der Waals surface area contributed by atoms with E-state index in [1.807, 2.05) is 13.0 Å². The molecule has 0 fully saturated rings. The van der Waals surface area contributed by atoms with Gasteiger partial charge in [0.25, 0.3) is 5.91 Å². The van der Waals surface area contributed by atoms with Crippen molar-refractivity contribution < 1.29 is 21.6 Å². The molecule has 0 atom stereocenters. The molecule has 39 heavy (non-hydrogen) atoms. The van der Waals surface area contributed by atoms with Crippen LogP contribution in [0.25, 0.3) is 10.2 Å². The Hall–Kier alpha value is -3.19. The second-order valence-electron chi connectivity index (χ2n) is 9.03. The number of thiazole rings is 1. The van der Waals surface area contributed by atoms with Gasteiger partial charge in [0.1, 0.15) is 0 Å². The van der Waals surface area contributed by atoms with Crippen LogP contribution >= 0.6 is 11.3 Å². The number of carbonyl (C=O) groups is 1. The molecule has 0 saturated heterocycles. The van der Waals surface area contributed by atoms with Gasteiger partial charge in [-0.25, -0.2) is 21.8 Å². The standard InChI is InChI=1S/C27H30N4O5S3/c1-4-6-16-30(5-2)39(35,36)22-11-9-21(10-12-22)26(32)31(19-20-8-7-15-28-18-20)27-29-24-14-13-23(38(3,33)34)17-25(24)37-27/h7-15,17-18H,4-6,16,19H2,1-3H3. The highest BCUT2D eigenvalue weighted by Gasteiger charge is 2.25. The van der Waals surface area contributed by atoms with Gasteiger partial charge in [-0.3, -0.25) is 14.7 Å². The van der Waals surface area contributed by atoms with Crippen LogP contribution in [0.1, 0.15) is 42.6 Å². The van der Waals surface area contributed by atoms with Crippen LogP contribution in [0.5, 0.6) is 0 Å². The molecule has 0 aliphatic carbocycles. The van der Waals surface area contributed by atoms with E-state index < -0.39 is 19.9 Å². The molecule has 0 radical (unpaired) electrons. The average molecular weight is 587 g/mol. The van der Waals surface area contributed by atoms with Gasteiger partial charge >= 0.3 is 0 Å². The largest absolute Gasteiger partial charge is 0.279 e. The molecule has 0 saturated carbocycles. The third kappa shape index (κ3) is 6.52. The molecule has 0 aliphatic heterocycles. The first-order chi connectivity index (χ1) is 18.5. The predicted molar refractivity (Wildman–Crippen MR) is 153 cm³/mol. The number of hydrogen-bond acceptors (Lipinski definition) is 8. The summed E-state index contributed by atoms with van der Waals surface area (Å²) in [6.07, 6.45) is 6.08. The van der Waals surface area contributed by atoms with E-state index >= 15 is 0 Å². The summed E-state index contributed by atoms with van der Waals surface area (Å²) in [6.45, 7) is 4.78. The fraction of sp³-hybridized carbons (Fsp3) is 0.296. The molecule has 4 rings (SSSR count). The summed E-state index contributed by atoms with van der Waals surface area (Å²) in [5, 5.41) is 0.387. The van der Waals surface area contributed by atoms with Gasteiger partial charge in [0.05, 0.1) is 26.6 Å². The molecule has 2 aromatic carbocycles. The number of sulfonamides is 1. The number of sulfone groups is 1. The number of rotatable bonds is 11. The summed E-state index contributed by atoms with van der Waals surface area (Å²) >= 11 is 1.21. The van der Waals surface area contributed by atoms with Crippen LogP contribution < -0.4 is 4.90 Å². The lowest BCUT2D eigenvalue weighted by Gasteiger charge is -2.21. The van der Waals surface area contributed by atoms with Gasteiger partial charge in [-0.2, -0.15) is 4.31 Å². The maximum absolute atomic E-state index is 13.8. The van der Waals surface area contributed by atoms with E-state index in [2.05, 4.69) is 9.97 Å². The van der Waals surface area contributed by atoms with Crippen molar-refractivity contribution in [3.8, 4) is 0 Å². The molecule has 0 N–H and O–H groups in total. The summed E-state index contributed by atoms with van der Waals surface area (Å²) in [5.74, 6) is -0.372. The summed E-state index contributed by atoms with van der Waals surface area (Å²) in [6, 6.07) is 14.2. The molecule has 0 aliphatic rings. The first-order valence-corrected chi connectivity index (χ1v) is 16.6. The van der Waals surface area contributed by atoms with Gasteiger partial charge in [0.2, 0.25) is 10.0 Å². The number of carbonyl (C=O) groups excluding carboxylic acids is 1. The Kier molecular flexibility index (Phi) is 8.80. The van der Waals surface area contributed by atoms with Crippen molar-refractivity contribution >= 4 is 52.5 Å². The van der Waals surface area contributed by atoms with Crippen LogP contribution in [0.3, 0.4) is 0 Å². The Balaban J connectivity index is 1.69. The van der Waals surface area contributed by atoms with Gasteiger partial charge in [-0.15, -0.1) is 0 Å². The van der Waals surface area contributed by atoms with E-state index in [0.717, 1.165) is 24.7 Å². The predicted octanol–water partition coefficient (Wildman–Crippen LogP) is 4.75. The minimum atomic E-state index is -3.68. The van der Waals surface area contributed by atoms with Crippen LogP contribution in [0.4, 0.5) is 5.13 Å². The van der Waals surface area contributed by atoms with Crippen molar-refractivity contribution in [3.63, 3.8) is 0 Å². The molecule has 206 valence electrons. The number of aromatic nitrogens is 2. The monoisotopic (exact) mass is 586 g/mol. The third-order valence-corrected chi connectivity index (χ3v) is 10.3. The number of anilines is 1. The number of fused-ring (bicyclic) bond motifs is 1. The van der Waals surface area contributed by atoms with E-state index in [1.54, 1.807) is 37.5 Å². The van der Waals surface area contributed by atoms with Crippen LogP contribution in [0, 0.1) is 0 Å². The van der Waals surface area contributed by atoms with Gasteiger partial charge in [0.15, 0.2) is 15.0 Å². The topological polar surface area (TPSA) is 118 Å². The summed E-state index contributed by atoms with van der Waals surface area (Å²) in [4.78, 5) is 24.3. The molecule has 1 amide bonds. The Morgan fingerprint density at radius 1 is 0.974 bits per heavy atom. The quantitative estimate of drug-likeness (QED) is 0.249. The van der Waals surface area contributed by atoms with Crippen molar-refractivity contribution in [2.45, 2.75) is 43.0 Å². The zero-order valence-corrected chi connectivity index (χ0v) is 24.4. The van der Waals surface area contributed by atoms with Crippen LogP contribution in [0.2, 0.25) is 0 Å². The highest BCUT2D eigenvalue weighted by atomic mass is 32.2. The maximum Gasteiger partial charge on any atom is 0.260 e. The zero-order chi connectivity index (χ0) is 28.2. The van der Waals surface area contributed by atoms with Gasteiger partial charge < -0.3 is 0 Å². The second kappa shape index (κ2) is 11.9. The van der Waals surface area contributed by atoms with Gasteiger partial charge in [-0.05, 0) is 60.5 Å². The molecule has 4 aromatic rings. The molecule has 12 heteroatoms. The van der Waals surface area contributed by atoms with E-state index in [1.165, 1.54) is 50.9 Å². The number of benzene rings is 2. The van der Waals surface area contributed by atoms with Crippen LogP contribution in [0.15, 0.2) is 76.8 Å². The van der Waals surface area contributed by atoms with Crippen LogP contribution in [-0.2, 0) is 26.4 Å². The molecule has 0 spiro atoms. The summed E-state index contributed by atoms with van der Waals surface area (Å²) in [7, 11) is -7.08. The van der Waals surface area contributed by atoms with Crippen molar-refractivity contribution in [2.24, 2.45) is 0 Å². The normalized spacial score (nSPS) is 12.2. The van der Waals surface area contributed by atoms with Crippen molar-refractivity contribution in [2.75, 3.05) is 24.2 Å². The molecular formula is C27H30N4O5S3. The second-order valence-corrected chi connectivity index (χ2v) is 14.0. The van der Waals surface area contributed by atoms with E-state index in [4.69, 9.17) is 0 Å². The number of nitrogens with zero attached hydrogens (tertiary/aromatic N) is 4. The van der Waals surface area contributed by atoms with E-state index in [-0.39, 0.29) is 22.2 Å². The fourth-order valence-corrected chi connectivity index (χ4v) is 7.21. The van der Waals surface area contributed by atoms with E-state index in [0.29, 0.717) is 34.0 Å². The first kappa shape index (κ1) is 28.8. The number of unbranched alkanes of at least 4 members (excludes halogenated alkanes) is 1. The third-order valence-electron chi connectivity index (χ3n) is 6.17. The maximum atomic E-state index is 13.8. The Morgan fingerprint density at radius 2 is 1.69 bits per heavy atom. The van der Waals surface area contributed by atoms with Crippen molar-refractivity contribution in [1.82, 2.24) is 14.3 Å². The SMILES string of the molecule is CCCCN(CC)S(=O)(=O)c1ccc(C(=O)N(Cc2cccnc2)c2nc3ccc(S(C)(=O)=O)cc3s2)cc1. The molecular weight excluding hydrogens is 557 g/mol. The molecule has 2 aromatic heterocycles.